The first-order valence-electron chi connectivity index (χ1n) is 6.27. The molecule has 2 aromatic rings. The van der Waals surface area contributed by atoms with Crippen LogP contribution in [-0.2, 0) is 9.84 Å². The molecule has 1 aromatic carbocycles. The van der Waals surface area contributed by atoms with E-state index in [1.807, 2.05) is 18.2 Å². The number of hydrogen-bond acceptors (Lipinski definition) is 5. The zero-order chi connectivity index (χ0) is 13.3. The lowest BCUT2D eigenvalue weighted by Crippen LogP contribution is -2.22. The molecule has 100 valence electrons. The maximum absolute atomic E-state index is 12.5. The van der Waals surface area contributed by atoms with Crippen molar-refractivity contribution in [3.8, 4) is 5.69 Å². The fraction of sp³-hybridized carbons (Fsp3) is 0.417. The van der Waals surface area contributed by atoms with Crippen molar-refractivity contribution >= 4 is 9.84 Å². The third-order valence-corrected chi connectivity index (χ3v) is 5.55. The molecule has 3 rings (SSSR count). The predicted octanol–water partition coefficient (Wildman–Crippen LogP) is 1.38. The van der Waals surface area contributed by atoms with Crippen LogP contribution in [0.1, 0.15) is 25.7 Å². The Labute approximate surface area is 111 Å². The van der Waals surface area contributed by atoms with E-state index in [1.165, 1.54) is 4.68 Å². The number of hydrogen-bond donors (Lipinski definition) is 0. The third-order valence-electron chi connectivity index (χ3n) is 3.44. The number of aromatic nitrogens is 4. The summed E-state index contributed by atoms with van der Waals surface area (Å²) in [5.41, 5.74) is 0.657. The summed E-state index contributed by atoms with van der Waals surface area (Å²) >= 11 is 0. The minimum Gasteiger partial charge on any atom is -0.220 e. The highest BCUT2D eigenvalue weighted by Gasteiger charge is 2.35. The predicted molar refractivity (Wildman–Crippen MR) is 68.6 cm³/mol. The molecule has 7 heteroatoms. The SMILES string of the molecule is O=S(=O)(c1nnnn1-c1ccccc1)C1CCCC1. The van der Waals surface area contributed by atoms with E-state index in [2.05, 4.69) is 15.5 Å². The van der Waals surface area contributed by atoms with E-state index in [4.69, 9.17) is 0 Å². The van der Waals surface area contributed by atoms with Gasteiger partial charge in [0.25, 0.3) is 5.16 Å². The normalized spacial score (nSPS) is 16.8. The molecule has 0 atom stereocenters. The molecule has 0 N–H and O–H groups in total. The fourth-order valence-electron chi connectivity index (χ4n) is 2.44. The van der Waals surface area contributed by atoms with Gasteiger partial charge in [0.2, 0.25) is 9.84 Å². The van der Waals surface area contributed by atoms with Crippen molar-refractivity contribution in [1.29, 1.82) is 0 Å². The van der Waals surface area contributed by atoms with Gasteiger partial charge in [-0.3, -0.25) is 0 Å². The summed E-state index contributed by atoms with van der Waals surface area (Å²) in [4.78, 5) is 0. The van der Waals surface area contributed by atoms with Gasteiger partial charge >= 0.3 is 0 Å². The van der Waals surface area contributed by atoms with E-state index in [0.717, 1.165) is 12.8 Å². The van der Waals surface area contributed by atoms with Gasteiger partial charge in [0.1, 0.15) is 0 Å². The topological polar surface area (TPSA) is 77.7 Å². The summed E-state index contributed by atoms with van der Waals surface area (Å²) < 4.78 is 26.4. The molecule has 0 unspecified atom stereocenters. The second-order valence-electron chi connectivity index (χ2n) is 4.66. The number of nitrogens with zero attached hydrogens (tertiary/aromatic N) is 4. The van der Waals surface area contributed by atoms with Crippen LogP contribution in [0.4, 0.5) is 0 Å². The lowest BCUT2D eigenvalue weighted by molar-refractivity contribution is 0.564. The first kappa shape index (κ1) is 12.3. The highest BCUT2D eigenvalue weighted by atomic mass is 32.2. The average Bonchev–Trinajstić information content (AvgIpc) is 3.11. The summed E-state index contributed by atoms with van der Waals surface area (Å²) in [6, 6.07) is 9.07. The molecule has 1 fully saturated rings. The Hall–Kier alpha value is -1.76. The van der Waals surface area contributed by atoms with Crippen LogP contribution in [0.3, 0.4) is 0 Å². The summed E-state index contributed by atoms with van der Waals surface area (Å²) in [6.07, 6.45) is 3.31. The van der Waals surface area contributed by atoms with Crippen LogP contribution in [-0.4, -0.2) is 33.9 Å². The molecule has 1 heterocycles. The van der Waals surface area contributed by atoms with Gasteiger partial charge in [0, 0.05) is 0 Å². The number of benzene rings is 1. The second kappa shape index (κ2) is 4.73. The number of para-hydroxylation sites is 1. The number of tetrazole rings is 1. The van der Waals surface area contributed by atoms with E-state index in [1.54, 1.807) is 12.1 Å². The van der Waals surface area contributed by atoms with Crippen LogP contribution in [0.2, 0.25) is 0 Å². The van der Waals surface area contributed by atoms with Gasteiger partial charge in [-0.25, -0.2) is 8.42 Å². The summed E-state index contributed by atoms with van der Waals surface area (Å²) in [7, 11) is -3.45. The summed E-state index contributed by atoms with van der Waals surface area (Å²) in [5.74, 6) is 0. The zero-order valence-electron chi connectivity index (χ0n) is 10.3. The molecule has 19 heavy (non-hydrogen) atoms. The maximum Gasteiger partial charge on any atom is 0.272 e. The quantitative estimate of drug-likeness (QED) is 0.847. The minimum atomic E-state index is -3.45. The summed E-state index contributed by atoms with van der Waals surface area (Å²) in [5, 5.41) is 10.6. The first-order chi connectivity index (χ1) is 9.19. The van der Waals surface area contributed by atoms with Gasteiger partial charge in [0.15, 0.2) is 0 Å². The molecular weight excluding hydrogens is 264 g/mol. The Bertz CT molecular complexity index is 660. The van der Waals surface area contributed by atoms with Gasteiger partial charge in [-0.15, -0.1) is 0 Å². The Morgan fingerprint density at radius 1 is 1.11 bits per heavy atom. The van der Waals surface area contributed by atoms with E-state index < -0.39 is 9.84 Å². The van der Waals surface area contributed by atoms with Crippen molar-refractivity contribution < 1.29 is 8.42 Å². The lowest BCUT2D eigenvalue weighted by Gasteiger charge is -2.10. The average molecular weight is 278 g/mol. The smallest absolute Gasteiger partial charge is 0.220 e. The van der Waals surface area contributed by atoms with Crippen LogP contribution in [0.25, 0.3) is 5.69 Å². The van der Waals surface area contributed by atoms with Gasteiger partial charge in [-0.1, -0.05) is 36.1 Å². The van der Waals surface area contributed by atoms with Gasteiger partial charge in [-0.05, 0) is 35.4 Å². The molecule has 6 nitrogen and oxygen atoms in total. The molecule has 0 saturated heterocycles. The van der Waals surface area contributed by atoms with Crippen LogP contribution in [0.15, 0.2) is 35.5 Å². The molecule has 0 radical (unpaired) electrons. The van der Waals surface area contributed by atoms with E-state index in [9.17, 15) is 8.42 Å². The fourth-order valence-corrected chi connectivity index (χ4v) is 4.22. The Morgan fingerprint density at radius 3 is 2.47 bits per heavy atom. The third kappa shape index (κ3) is 2.14. The van der Waals surface area contributed by atoms with Crippen molar-refractivity contribution in [3.05, 3.63) is 30.3 Å². The molecule has 1 aliphatic carbocycles. The molecule has 0 aliphatic heterocycles. The maximum atomic E-state index is 12.5. The van der Waals surface area contributed by atoms with E-state index >= 15 is 0 Å². The van der Waals surface area contributed by atoms with Crippen LogP contribution in [0, 0.1) is 0 Å². The van der Waals surface area contributed by atoms with Crippen LogP contribution >= 0.6 is 0 Å². The van der Waals surface area contributed by atoms with Crippen molar-refractivity contribution in [2.75, 3.05) is 0 Å². The molecule has 1 aliphatic rings. The standard InChI is InChI=1S/C12H14N4O2S/c17-19(18,11-8-4-5-9-11)12-13-14-15-16(12)10-6-2-1-3-7-10/h1-3,6-7,11H,4-5,8-9H2. The summed E-state index contributed by atoms with van der Waals surface area (Å²) in [6.45, 7) is 0. The van der Waals surface area contributed by atoms with Crippen molar-refractivity contribution in [2.45, 2.75) is 36.1 Å². The van der Waals surface area contributed by atoms with Crippen LogP contribution in [0.5, 0.6) is 0 Å². The molecule has 0 bridgehead atoms. The molecule has 1 aromatic heterocycles. The lowest BCUT2D eigenvalue weighted by atomic mass is 10.3. The monoisotopic (exact) mass is 278 g/mol. The first-order valence-corrected chi connectivity index (χ1v) is 7.82. The minimum absolute atomic E-state index is 0.0504. The molecule has 0 amide bonds. The van der Waals surface area contributed by atoms with Gasteiger partial charge < -0.3 is 0 Å². The largest absolute Gasteiger partial charge is 0.272 e. The Kier molecular flexibility index (Phi) is 3.06. The molecular formula is C12H14N4O2S. The number of rotatable bonds is 3. The number of sulfone groups is 1. The van der Waals surface area contributed by atoms with Crippen molar-refractivity contribution in [3.63, 3.8) is 0 Å². The van der Waals surface area contributed by atoms with Gasteiger partial charge in [0.05, 0.1) is 10.9 Å². The second-order valence-corrected chi connectivity index (χ2v) is 6.78. The highest BCUT2D eigenvalue weighted by molar-refractivity contribution is 7.91. The Balaban J connectivity index is 2.05. The highest BCUT2D eigenvalue weighted by Crippen LogP contribution is 2.29. The van der Waals surface area contributed by atoms with E-state index in [0.29, 0.717) is 18.5 Å². The zero-order valence-corrected chi connectivity index (χ0v) is 11.1. The van der Waals surface area contributed by atoms with Gasteiger partial charge in [-0.2, -0.15) is 4.68 Å². The van der Waals surface area contributed by atoms with Crippen LogP contribution < -0.4 is 0 Å². The van der Waals surface area contributed by atoms with E-state index in [-0.39, 0.29) is 10.4 Å². The van der Waals surface area contributed by atoms with Crippen molar-refractivity contribution in [2.24, 2.45) is 0 Å². The Morgan fingerprint density at radius 2 is 1.79 bits per heavy atom. The molecule has 0 spiro atoms. The van der Waals surface area contributed by atoms with Crippen molar-refractivity contribution in [1.82, 2.24) is 20.2 Å². The molecule has 1 saturated carbocycles.